The zero-order chi connectivity index (χ0) is 18.4. The van der Waals surface area contributed by atoms with Crippen LogP contribution in [0.25, 0.3) is 0 Å². The molecule has 1 aromatic rings. The first-order valence-corrected chi connectivity index (χ1v) is 8.19. The Balaban J connectivity index is 1.92. The molecule has 1 aliphatic carbocycles. The van der Waals surface area contributed by atoms with Gasteiger partial charge in [0, 0.05) is 24.8 Å². The number of carbonyl (C=O) groups is 3. The molecule has 1 aliphatic heterocycles. The molecule has 0 spiro atoms. The predicted molar refractivity (Wildman–Crippen MR) is 91.3 cm³/mol. The number of rotatable bonds is 3. The van der Waals surface area contributed by atoms with Crippen molar-refractivity contribution in [1.82, 2.24) is 0 Å². The highest BCUT2D eigenvalue weighted by atomic mass is 16.5. The van der Waals surface area contributed by atoms with Gasteiger partial charge in [0.2, 0.25) is 11.8 Å². The third-order valence-corrected chi connectivity index (χ3v) is 4.72. The number of amides is 2. The monoisotopic (exact) mass is 343 g/mol. The van der Waals surface area contributed by atoms with Gasteiger partial charge in [-0.25, -0.2) is 4.90 Å². The molecule has 1 fully saturated rings. The summed E-state index contributed by atoms with van der Waals surface area (Å²) in [6.07, 6.45) is 0.484. The largest absolute Gasteiger partial charge is 0.512 e. The highest BCUT2D eigenvalue weighted by Crippen LogP contribution is 2.41. The number of imide groups is 1. The van der Waals surface area contributed by atoms with Crippen molar-refractivity contribution in [3.8, 4) is 5.75 Å². The predicted octanol–water partition coefficient (Wildman–Crippen LogP) is 2.78. The topological polar surface area (TPSA) is 83.9 Å². The van der Waals surface area contributed by atoms with E-state index in [1.165, 1.54) is 7.11 Å². The van der Waals surface area contributed by atoms with Crippen molar-refractivity contribution in [2.75, 3.05) is 12.0 Å². The van der Waals surface area contributed by atoms with Crippen LogP contribution in [0.3, 0.4) is 0 Å². The lowest BCUT2D eigenvalue weighted by Crippen LogP contribution is -2.34. The lowest BCUT2D eigenvalue weighted by molar-refractivity contribution is -0.124. The molecule has 6 nitrogen and oxygen atoms in total. The van der Waals surface area contributed by atoms with Crippen LogP contribution in [0.4, 0.5) is 5.69 Å². The summed E-state index contributed by atoms with van der Waals surface area (Å²) < 4.78 is 5.08. The summed E-state index contributed by atoms with van der Waals surface area (Å²) in [5.74, 6) is -1.45. The summed E-state index contributed by atoms with van der Waals surface area (Å²) in [6, 6.07) is 6.57. The van der Waals surface area contributed by atoms with E-state index in [-0.39, 0.29) is 41.3 Å². The fourth-order valence-electron chi connectivity index (χ4n) is 3.56. The lowest BCUT2D eigenvalue weighted by Gasteiger charge is -2.30. The highest BCUT2D eigenvalue weighted by Gasteiger charge is 2.46. The van der Waals surface area contributed by atoms with Crippen LogP contribution in [0.2, 0.25) is 0 Å². The molecule has 1 heterocycles. The van der Waals surface area contributed by atoms with Gasteiger partial charge in [-0.1, -0.05) is 13.8 Å². The van der Waals surface area contributed by atoms with Gasteiger partial charge in [0.15, 0.2) is 5.78 Å². The smallest absolute Gasteiger partial charge is 0.242 e. The molecule has 0 bridgehead atoms. The number of benzene rings is 1. The first-order valence-electron chi connectivity index (χ1n) is 8.19. The molecular weight excluding hydrogens is 322 g/mol. The average Bonchev–Trinajstić information content (AvgIpc) is 2.80. The number of carbonyl (C=O) groups excluding carboxylic acids is 3. The summed E-state index contributed by atoms with van der Waals surface area (Å²) in [4.78, 5) is 38.7. The van der Waals surface area contributed by atoms with Crippen molar-refractivity contribution in [3.63, 3.8) is 0 Å². The summed E-state index contributed by atoms with van der Waals surface area (Å²) >= 11 is 0. The maximum absolute atomic E-state index is 12.8. The van der Waals surface area contributed by atoms with Gasteiger partial charge in [-0.2, -0.15) is 0 Å². The third-order valence-electron chi connectivity index (χ3n) is 4.72. The molecule has 1 aromatic carbocycles. The number of methoxy groups -OCH3 is 1. The molecule has 132 valence electrons. The Hall–Kier alpha value is -2.63. The Labute approximate surface area is 146 Å². The average molecular weight is 343 g/mol. The number of hydrogen-bond donors (Lipinski definition) is 1. The van der Waals surface area contributed by atoms with E-state index in [0.717, 1.165) is 4.90 Å². The van der Waals surface area contributed by atoms with Gasteiger partial charge < -0.3 is 9.84 Å². The van der Waals surface area contributed by atoms with Gasteiger partial charge in [-0.3, -0.25) is 14.4 Å². The van der Waals surface area contributed by atoms with Gasteiger partial charge in [0.05, 0.1) is 18.7 Å². The van der Waals surface area contributed by atoms with E-state index in [1.807, 2.05) is 13.8 Å². The van der Waals surface area contributed by atoms with E-state index in [2.05, 4.69) is 0 Å². The zero-order valence-electron chi connectivity index (χ0n) is 14.5. The second-order valence-electron chi connectivity index (χ2n) is 7.32. The molecule has 25 heavy (non-hydrogen) atoms. The summed E-state index contributed by atoms with van der Waals surface area (Å²) in [5.41, 5.74) is 0.196. The zero-order valence-corrected chi connectivity index (χ0v) is 14.5. The molecule has 0 saturated carbocycles. The minimum absolute atomic E-state index is 0.0658. The van der Waals surface area contributed by atoms with Gasteiger partial charge in [0.25, 0.3) is 0 Å². The van der Waals surface area contributed by atoms with Crippen molar-refractivity contribution in [1.29, 1.82) is 0 Å². The van der Waals surface area contributed by atoms with E-state index in [0.29, 0.717) is 17.9 Å². The van der Waals surface area contributed by atoms with Crippen molar-refractivity contribution in [2.24, 2.45) is 11.3 Å². The SMILES string of the molecule is COc1ccc(N2C(=O)C[C@H](C3=C(O)CC(C)(C)CC3=O)C2=O)cc1. The van der Waals surface area contributed by atoms with Crippen LogP contribution in [-0.4, -0.2) is 29.8 Å². The highest BCUT2D eigenvalue weighted by molar-refractivity contribution is 6.24. The molecule has 0 radical (unpaired) electrons. The number of hydrogen-bond acceptors (Lipinski definition) is 5. The number of anilines is 1. The van der Waals surface area contributed by atoms with Crippen LogP contribution in [0.15, 0.2) is 35.6 Å². The number of aliphatic hydroxyl groups is 1. The molecule has 6 heteroatoms. The Morgan fingerprint density at radius 2 is 1.76 bits per heavy atom. The maximum Gasteiger partial charge on any atom is 0.242 e. The Bertz CT molecular complexity index is 776. The molecule has 0 unspecified atom stereocenters. The first kappa shape index (κ1) is 17.2. The first-order chi connectivity index (χ1) is 11.7. The van der Waals surface area contributed by atoms with E-state index in [4.69, 9.17) is 4.74 Å². The summed E-state index contributed by atoms with van der Waals surface area (Å²) in [5, 5.41) is 10.3. The minimum atomic E-state index is -0.904. The van der Waals surface area contributed by atoms with E-state index in [9.17, 15) is 19.5 Å². The normalized spacial score (nSPS) is 23.4. The number of aliphatic hydroxyl groups excluding tert-OH is 1. The number of ketones is 1. The molecule has 1 atom stereocenters. The standard InChI is InChI=1S/C19H21NO5/c1-19(2)9-14(21)17(15(22)10-19)13-8-16(23)20(18(13)24)11-4-6-12(25-3)7-5-11/h4-7,13,21H,8-10H2,1-3H3/t13-/m1/s1. The van der Waals surface area contributed by atoms with Crippen LogP contribution < -0.4 is 9.64 Å². The van der Waals surface area contributed by atoms with E-state index < -0.39 is 11.8 Å². The minimum Gasteiger partial charge on any atom is -0.512 e. The fourth-order valence-corrected chi connectivity index (χ4v) is 3.56. The van der Waals surface area contributed by atoms with Crippen molar-refractivity contribution in [2.45, 2.75) is 33.1 Å². The maximum atomic E-state index is 12.8. The lowest BCUT2D eigenvalue weighted by atomic mass is 9.73. The van der Waals surface area contributed by atoms with Crippen LogP contribution in [0.5, 0.6) is 5.75 Å². The number of allylic oxidation sites excluding steroid dienone is 1. The second-order valence-corrected chi connectivity index (χ2v) is 7.32. The molecule has 1 saturated heterocycles. The van der Waals surface area contributed by atoms with Crippen LogP contribution in [-0.2, 0) is 14.4 Å². The Morgan fingerprint density at radius 1 is 1.12 bits per heavy atom. The molecule has 1 N–H and O–H groups in total. The fraction of sp³-hybridized carbons (Fsp3) is 0.421. The van der Waals surface area contributed by atoms with E-state index in [1.54, 1.807) is 24.3 Å². The Kier molecular flexibility index (Phi) is 4.14. The van der Waals surface area contributed by atoms with Gasteiger partial charge in [-0.15, -0.1) is 0 Å². The number of nitrogens with zero attached hydrogens (tertiary/aromatic N) is 1. The summed E-state index contributed by atoms with van der Waals surface area (Å²) in [7, 11) is 1.53. The molecule has 2 aliphatic rings. The number of Topliss-reactive ketones (excluding diaryl/α,β-unsaturated/α-hetero) is 1. The van der Waals surface area contributed by atoms with Crippen LogP contribution in [0.1, 0.15) is 33.1 Å². The van der Waals surface area contributed by atoms with E-state index >= 15 is 0 Å². The third kappa shape index (κ3) is 3.04. The quantitative estimate of drug-likeness (QED) is 0.853. The molecular formula is C19H21NO5. The van der Waals surface area contributed by atoms with Gasteiger partial charge in [-0.05, 0) is 29.7 Å². The van der Waals surface area contributed by atoms with Crippen LogP contribution >= 0.6 is 0 Å². The van der Waals surface area contributed by atoms with Crippen LogP contribution in [0, 0.1) is 11.3 Å². The molecule has 0 aromatic heterocycles. The summed E-state index contributed by atoms with van der Waals surface area (Å²) in [6.45, 7) is 3.78. The van der Waals surface area contributed by atoms with Crippen molar-refractivity contribution in [3.05, 3.63) is 35.6 Å². The van der Waals surface area contributed by atoms with Crippen molar-refractivity contribution < 1.29 is 24.2 Å². The Morgan fingerprint density at radius 3 is 2.32 bits per heavy atom. The molecule has 2 amide bonds. The number of ether oxygens (including phenoxy) is 1. The van der Waals surface area contributed by atoms with Gasteiger partial charge >= 0.3 is 0 Å². The molecule has 3 rings (SSSR count). The second kappa shape index (κ2) is 6.02. The van der Waals surface area contributed by atoms with Gasteiger partial charge in [0.1, 0.15) is 11.5 Å². The van der Waals surface area contributed by atoms with Crippen molar-refractivity contribution >= 4 is 23.3 Å².